The highest BCUT2D eigenvalue weighted by Crippen LogP contribution is 2.45. The van der Waals surface area contributed by atoms with Gasteiger partial charge in [-0.25, -0.2) is 9.78 Å². The molecular formula is C27H27Cl2N3O4. The predicted octanol–water partition coefficient (Wildman–Crippen LogP) is 5.17. The number of ether oxygens (including phenoxy) is 2. The summed E-state index contributed by atoms with van der Waals surface area (Å²) in [6.07, 6.45) is 4.20. The van der Waals surface area contributed by atoms with E-state index in [-0.39, 0.29) is 27.4 Å². The van der Waals surface area contributed by atoms with Crippen molar-refractivity contribution < 1.29 is 19.1 Å². The van der Waals surface area contributed by atoms with Crippen molar-refractivity contribution in [2.75, 3.05) is 25.6 Å². The highest BCUT2D eigenvalue weighted by molar-refractivity contribution is 6.39. The summed E-state index contributed by atoms with van der Waals surface area (Å²) in [6, 6.07) is 17.1. The minimum atomic E-state index is -0.908. The number of methoxy groups -OCH3 is 1. The number of benzene rings is 2. The van der Waals surface area contributed by atoms with Gasteiger partial charge in [-0.05, 0) is 54.8 Å². The Bertz CT molecular complexity index is 1180. The van der Waals surface area contributed by atoms with E-state index in [1.165, 1.54) is 7.11 Å². The lowest BCUT2D eigenvalue weighted by Crippen LogP contribution is -2.43. The van der Waals surface area contributed by atoms with Gasteiger partial charge in [-0.15, -0.1) is 0 Å². The molecule has 0 radical (unpaired) electrons. The van der Waals surface area contributed by atoms with Gasteiger partial charge in [-0.1, -0.05) is 47.5 Å². The average Bonchev–Trinajstić information content (AvgIpc) is 3.67. The zero-order valence-corrected chi connectivity index (χ0v) is 21.3. The Morgan fingerprint density at radius 1 is 1.03 bits per heavy atom. The molecule has 188 valence electrons. The summed E-state index contributed by atoms with van der Waals surface area (Å²) >= 11 is 12.3. The normalized spacial score (nSPS) is 14.4. The number of pyridine rings is 1. The minimum absolute atomic E-state index is 0.108. The zero-order valence-electron chi connectivity index (χ0n) is 19.8. The number of aromatic nitrogens is 1. The molecule has 2 aromatic carbocycles. The number of carbonyl (C=O) groups excluding carboxylic acids is 2. The molecule has 1 saturated carbocycles. The largest absolute Gasteiger partial charge is 0.493 e. The first-order valence-electron chi connectivity index (χ1n) is 11.6. The fourth-order valence-electron chi connectivity index (χ4n) is 3.77. The van der Waals surface area contributed by atoms with Gasteiger partial charge in [0, 0.05) is 24.6 Å². The molecule has 1 aromatic heterocycles. The molecule has 0 spiro atoms. The topological polar surface area (TPSA) is 89.6 Å². The lowest BCUT2D eigenvalue weighted by atomic mass is 10.0. The second-order valence-electron chi connectivity index (χ2n) is 8.85. The smallest absolute Gasteiger partial charge is 0.328 e. The zero-order chi connectivity index (χ0) is 25.5. The fraction of sp³-hybridized carbons (Fsp3) is 0.296. The summed E-state index contributed by atoms with van der Waals surface area (Å²) in [5.41, 5.74) is 1.06. The Hall–Kier alpha value is -3.29. The number of amides is 1. The summed E-state index contributed by atoms with van der Waals surface area (Å²) in [7, 11) is 1.28. The first kappa shape index (κ1) is 25.8. The van der Waals surface area contributed by atoms with Crippen LogP contribution in [0.4, 0.5) is 5.82 Å². The molecule has 1 amide bonds. The van der Waals surface area contributed by atoms with Crippen LogP contribution < -0.4 is 15.4 Å². The quantitative estimate of drug-likeness (QED) is 0.334. The van der Waals surface area contributed by atoms with Gasteiger partial charge in [0.1, 0.15) is 17.6 Å². The summed E-state index contributed by atoms with van der Waals surface area (Å²) in [4.78, 5) is 29.4. The van der Waals surface area contributed by atoms with Gasteiger partial charge in [0.15, 0.2) is 0 Å². The van der Waals surface area contributed by atoms with Crippen LogP contribution in [0.2, 0.25) is 10.0 Å². The van der Waals surface area contributed by atoms with Crippen molar-refractivity contribution >= 4 is 40.9 Å². The van der Waals surface area contributed by atoms with Crippen molar-refractivity contribution in [2.45, 2.75) is 25.3 Å². The third kappa shape index (κ3) is 6.68. The molecule has 1 aliphatic carbocycles. The van der Waals surface area contributed by atoms with Gasteiger partial charge in [-0.3, -0.25) is 4.79 Å². The first-order valence-corrected chi connectivity index (χ1v) is 12.3. The molecule has 9 heteroatoms. The van der Waals surface area contributed by atoms with E-state index < -0.39 is 17.9 Å². The summed E-state index contributed by atoms with van der Waals surface area (Å²) in [5.74, 6) is 0.486. The van der Waals surface area contributed by atoms with Crippen LogP contribution in [0.15, 0.2) is 66.9 Å². The third-order valence-corrected chi connectivity index (χ3v) is 6.79. The van der Waals surface area contributed by atoms with Gasteiger partial charge < -0.3 is 20.1 Å². The van der Waals surface area contributed by atoms with Crippen LogP contribution in [0.3, 0.4) is 0 Å². The Labute approximate surface area is 220 Å². The number of esters is 1. The molecule has 36 heavy (non-hydrogen) atoms. The summed E-state index contributed by atoms with van der Waals surface area (Å²) in [5, 5.41) is 6.47. The van der Waals surface area contributed by atoms with Gasteiger partial charge in [-0.2, -0.15) is 0 Å². The molecule has 1 fully saturated rings. The number of carbonyl (C=O) groups is 2. The van der Waals surface area contributed by atoms with E-state index in [9.17, 15) is 9.59 Å². The molecule has 2 N–H and O–H groups in total. The van der Waals surface area contributed by atoms with Gasteiger partial charge >= 0.3 is 5.97 Å². The number of anilines is 1. The van der Waals surface area contributed by atoms with Crippen LogP contribution in [0.1, 0.15) is 28.8 Å². The average molecular weight is 528 g/mol. The summed E-state index contributed by atoms with van der Waals surface area (Å²) in [6.45, 7) is 1.41. The van der Waals surface area contributed by atoms with E-state index in [0.717, 1.165) is 36.5 Å². The highest BCUT2D eigenvalue weighted by atomic mass is 35.5. The van der Waals surface area contributed by atoms with Gasteiger partial charge in [0.05, 0.1) is 29.3 Å². The molecular weight excluding hydrogens is 501 g/mol. The van der Waals surface area contributed by atoms with Gasteiger partial charge in [0.25, 0.3) is 5.91 Å². The maximum Gasteiger partial charge on any atom is 0.328 e. The maximum absolute atomic E-state index is 12.8. The Morgan fingerprint density at radius 2 is 1.75 bits per heavy atom. The minimum Gasteiger partial charge on any atom is -0.493 e. The molecule has 0 aliphatic heterocycles. The van der Waals surface area contributed by atoms with E-state index >= 15 is 0 Å². The third-order valence-electron chi connectivity index (χ3n) is 6.16. The van der Waals surface area contributed by atoms with Crippen molar-refractivity contribution in [1.29, 1.82) is 0 Å². The molecule has 7 nitrogen and oxygen atoms in total. The van der Waals surface area contributed by atoms with Crippen molar-refractivity contribution in [1.82, 2.24) is 10.3 Å². The molecule has 0 bridgehead atoms. The van der Waals surface area contributed by atoms with Crippen LogP contribution in [0, 0.1) is 5.41 Å². The first-order chi connectivity index (χ1) is 17.4. The van der Waals surface area contributed by atoms with E-state index in [0.29, 0.717) is 6.61 Å². The predicted molar refractivity (Wildman–Crippen MR) is 140 cm³/mol. The SMILES string of the molecule is COC(=O)[C@H](Cc1ccc(OCC2(CNc3ccccn3)CC2)cc1)NC(=O)c1c(Cl)cccc1Cl. The second kappa shape index (κ2) is 11.6. The van der Waals surface area contributed by atoms with Crippen molar-refractivity contribution in [3.8, 4) is 5.75 Å². The van der Waals surface area contributed by atoms with E-state index in [2.05, 4.69) is 15.6 Å². The standard InChI is InChI=1S/C27H27Cl2N3O4/c1-35-26(34)22(32-25(33)24-20(28)5-4-6-21(24)29)15-18-8-10-19(11-9-18)36-17-27(12-13-27)16-31-23-7-2-3-14-30-23/h2-11,14,22H,12-13,15-17H2,1H3,(H,30,31)(H,32,33)/t22-/m0/s1. The fourth-order valence-corrected chi connectivity index (χ4v) is 4.34. The molecule has 4 rings (SSSR count). The van der Waals surface area contributed by atoms with Gasteiger partial charge in [0.2, 0.25) is 0 Å². The number of halogens is 2. The van der Waals surface area contributed by atoms with Crippen molar-refractivity contribution in [2.24, 2.45) is 5.41 Å². The van der Waals surface area contributed by atoms with E-state index in [1.807, 2.05) is 42.5 Å². The number of rotatable bonds is 11. The number of nitrogens with zero attached hydrogens (tertiary/aromatic N) is 1. The maximum atomic E-state index is 12.8. The van der Waals surface area contributed by atoms with Crippen LogP contribution in [-0.4, -0.2) is 43.2 Å². The molecule has 0 saturated heterocycles. The second-order valence-corrected chi connectivity index (χ2v) is 9.67. The van der Waals surface area contributed by atoms with Crippen LogP contribution in [-0.2, 0) is 16.0 Å². The number of hydrogen-bond acceptors (Lipinski definition) is 6. The molecule has 1 atom stereocenters. The number of hydrogen-bond donors (Lipinski definition) is 2. The van der Waals surface area contributed by atoms with Crippen molar-refractivity contribution in [3.63, 3.8) is 0 Å². The van der Waals surface area contributed by atoms with Crippen LogP contribution in [0.25, 0.3) is 0 Å². The van der Waals surface area contributed by atoms with E-state index in [4.69, 9.17) is 32.7 Å². The molecule has 1 aliphatic rings. The molecule has 0 unspecified atom stereocenters. The number of nitrogens with one attached hydrogen (secondary N) is 2. The van der Waals surface area contributed by atoms with E-state index in [1.54, 1.807) is 24.4 Å². The molecule has 3 aromatic rings. The lowest BCUT2D eigenvalue weighted by Gasteiger charge is -2.19. The Kier molecular flexibility index (Phi) is 8.33. The highest BCUT2D eigenvalue weighted by Gasteiger charge is 2.43. The van der Waals surface area contributed by atoms with Crippen LogP contribution in [0.5, 0.6) is 5.75 Å². The van der Waals surface area contributed by atoms with Crippen molar-refractivity contribution in [3.05, 3.63) is 88.0 Å². The lowest BCUT2D eigenvalue weighted by molar-refractivity contribution is -0.142. The van der Waals surface area contributed by atoms with Crippen LogP contribution >= 0.6 is 23.2 Å². The summed E-state index contributed by atoms with van der Waals surface area (Å²) < 4.78 is 10.9. The monoisotopic (exact) mass is 527 g/mol. The Morgan fingerprint density at radius 3 is 2.36 bits per heavy atom. The Balaban J connectivity index is 1.33. The molecule has 1 heterocycles.